The SMILES string of the molecule is O=C1[C@H]2C(c3ccc(Br)cc3)=NO[C@H]2C(=O)N1c1ccccc1Cl. The number of carbonyl (C=O) groups excluding carboxylic acids is 2. The number of anilines is 1. The average molecular weight is 406 g/mol. The van der Waals surface area contributed by atoms with E-state index in [2.05, 4.69) is 21.1 Å². The van der Waals surface area contributed by atoms with Crippen molar-refractivity contribution in [1.29, 1.82) is 0 Å². The molecule has 1 fully saturated rings. The summed E-state index contributed by atoms with van der Waals surface area (Å²) in [5, 5.41) is 4.31. The molecule has 2 aromatic carbocycles. The minimum absolute atomic E-state index is 0.335. The van der Waals surface area contributed by atoms with Crippen LogP contribution in [0.4, 0.5) is 5.69 Å². The summed E-state index contributed by atoms with van der Waals surface area (Å²) in [6.45, 7) is 0. The third-order valence-corrected chi connectivity index (χ3v) is 4.89. The van der Waals surface area contributed by atoms with Crippen molar-refractivity contribution in [3.05, 3.63) is 63.6 Å². The molecule has 0 aromatic heterocycles. The van der Waals surface area contributed by atoms with Gasteiger partial charge in [0.05, 0.1) is 10.7 Å². The highest BCUT2D eigenvalue weighted by atomic mass is 79.9. The lowest BCUT2D eigenvalue weighted by molar-refractivity contribution is -0.126. The normalized spacial score (nSPS) is 22.4. The number of carbonyl (C=O) groups is 2. The standard InChI is InChI=1S/C17H10BrClN2O3/c18-10-7-5-9(6-8-10)14-13-15(24-20-14)17(23)21(16(13)22)12-4-2-1-3-11(12)19/h1-8,13,15H/t13-,15+/m0/s1. The minimum Gasteiger partial charge on any atom is -0.381 e. The van der Waals surface area contributed by atoms with E-state index in [1.54, 1.807) is 24.3 Å². The molecule has 1 saturated heterocycles. The Balaban J connectivity index is 1.73. The summed E-state index contributed by atoms with van der Waals surface area (Å²) in [5.74, 6) is -1.58. The highest BCUT2D eigenvalue weighted by molar-refractivity contribution is 9.10. The van der Waals surface area contributed by atoms with Crippen LogP contribution in [0.5, 0.6) is 0 Å². The molecule has 24 heavy (non-hydrogen) atoms. The molecular formula is C17H10BrClN2O3. The van der Waals surface area contributed by atoms with Crippen molar-refractivity contribution < 1.29 is 14.4 Å². The van der Waals surface area contributed by atoms with Crippen LogP contribution in [-0.2, 0) is 14.4 Å². The van der Waals surface area contributed by atoms with Crippen molar-refractivity contribution in [2.24, 2.45) is 11.1 Å². The maximum atomic E-state index is 12.9. The fraction of sp³-hybridized carbons (Fsp3) is 0.118. The number of halogens is 2. The monoisotopic (exact) mass is 404 g/mol. The first-order valence-corrected chi connectivity index (χ1v) is 8.37. The highest BCUT2D eigenvalue weighted by Crippen LogP contribution is 2.37. The van der Waals surface area contributed by atoms with E-state index >= 15 is 0 Å². The Kier molecular flexibility index (Phi) is 3.66. The van der Waals surface area contributed by atoms with Gasteiger partial charge in [-0.2, -0.15) is 0 Å². The van der Waals surface area contributed by atoms with E-state index < -0.39 is 17.9 Å². The smallest absolute Gasteiger partial charge is 0.279 e. The van der Waals surface area contributed by atoms with Gasteiger partial charge >= 0.3 is 0 Å². The first-order chi connectivity index (χ1) is 11.6. The second-order valence-electron chi connectivity index (χ2n) is 5.45. The van der Waals surface area contributed by atoms with Gasteiger partial charge in [-0.1, -0.05) is 57.0 Å². The van der Waals surface area contributed by atoms with Crippen LogP contribution in [0, 0.1) is 5.92 Å². The molecule has 0 spiro atoms. The van der Waals surface area contributed by atoms with Gasteiger partial charge in [-0.05, 0) is 24.3 Å². The van der Waals surface area contributed by atoms with Gasteiger partial charge in [0.2, 0.25) is 12.0 Å². The Hall–Kier alpha value is -2.18. The number of nitrogens with zero attached hydrogens (tertiary/aromatic N) is 2. The van der Waals surface area contributed by atoms with Crippen molar-refractivity contribution in [3.63, 3.8) is 0 Å². The van der Waals surface area contributed by atoms with E-state index in [1.807, 2.05) is 24.3 Å². The first-order valence-electron chi connectivity index (χ1n) is 7.20. The molecule has 0 bridgehead atoms. The zero-order chi connectivity index (χ0) is 16.8. The summed E-state index contributed by atoms with van der Waals surface area (Å²) < 4.78 is 0.911. The molecule has 0 unspecified atom stereocenters. The van der Waals surface area contributed by atoms with E-state index in [0.717, 1.165) is 14.9 Å². The van der Waals surface area contributed by atoms with E-state index in [1.165, 1.54) is 0 Å². The molecule has 5 nitrogen and oxygen atoms in total. The number of oxime groups is 1. The van der Waals surface area contributed by atoms with Gasteiger partial charge in [-0.25, -0.2) is 4.90 Å². The lowest BCUT2D eigenvalue weighted by atomic mass is 9.94. The molecule has 2 aliphatic heterocycles. The van der Waals surface area contributed by atoms with E-state index in [0.29, 0.717) is 16.4 Å². The largest absolute Gasteiger partial charge is 0.381 e. The Morgan fingerprint density at radius 2 is 1.75 bits per heavy atom. The van der Waals surface area contributed by atoms with Gasteiger partial charge in [0.25, 0.3) is 5.91 Å². The molecule has 0 radical (unpaired) electrons. The molecule has 2 aliphatic rings. The lowest BCUT2D eigenvalue weighted by Crippen LogP contribution is -2.33. The number of benzene rings is 2. The number of hydrogen-bond donors (Lipinski definition) is 0. The molecular weight excluding hydrogens is 396 g/mol. The number of hydrogen-bond acceptors (Lipinski definition) is 4. The summed E-state index contributed by atoms with van der Waals surface area (Å²) in [7, 11) is 0. The van der Waals surface area contributed by atoms with Gasteiger partial charge in [0, 0.05) is 10.0 Å². The number of rotatable bonds is 2. The van der Waals surface area contributed by atoms with Crippen LogP contribution in [-0.4, -0.2) is 23.6 Å². The van der Waals surface area contributed by atoms with Crippen molar-refractivity contribution >= 4 is 50.7 Å². The Bertz CT molecular complexity index is 882. The molecule has 2 amide bonds. The Morgan fingerprint density at radius 1 is 1.04 bits per heavy atom. The van der Waals surface area contributed by atoms with Crippen LogP contribution in [0.1, 0.15) is 5.56 Å². The third kappa shape index (κ3) is 2.25. The molecule has 0 aliphatic carbocycles. The number of fused-ring (bicyclic) bond motifs is 1. The summed E-state index contributed by atoms with van der Waals surface area (Å²) in [5.41, 5.74) is 1.57. The second-order valence-corrected chi connectivity index (χ2v) is 6.77. The summed E-state index contributed by atoms with van der Waals surface area (Å²) in [6, 6.07) is 14.1. The van der Waals surface area contributed by atoms with E-state index in [9.17, 15) is 9.59 Å². The molecule has 0 saturated carbocycles. The number of amides is 2. The van der Waals surface area contributed by atoms with Crippen LogP contribution >= 0.6 is 27.5 Å². The van der Waals surface area contributed by atoms with Crippen LogP contribution in [0.25, 0.3) is 0 Å². The number of para-hydroxylation sites is 1. The summed E-state index contributed by atoms with van der Waals surface area (Å²) in [4.78, 5) is 31.9. The fourth-order valence-electron chi connectivity index (χ4n) is 2.91. The molecule has 2 atom stereocenters. The van der Waals surface area contributed by atoms with Crippen molar-refractivity contribution in [3.8, 4) is 0 Å². The fourth-order valence-corrected chi connectivity index (χ4v) is 3.39. The predicted octanol–water partition coefficient (Wildman–Crippen LogP) is 3.40. The number of imide groups is 1. The molecule has 0 N–H and O–H groups in total. The van der Waals surface area contributed by atoms with Crippen molar-refractivity contribution in [1.82, 2.24) is 0 Å². The van der Waals surface area contributed by atoms with Crippen LogP contribution in [0.15, 0.2) is 58.2 Å². The average Bonchev–Trinajstić information content (AvgIpc) is 3.11. The predicted molar refractivity (Wildman–Crippen MR) is 93.0 cm³/mol. The molecule has 7 heteroatoms. The van der Waals surface area contributed by atoms with Gasteiger partial charge in [-0.3, -0.25) is 9.59 Å². The third-order valence-electron chi connectivity index (χ3n) is 4.05. The van der Waals surface area contributed by atoms with Crippen LogP contribution in [0.2, 0.25) is 5.02 Å². The lowest BCUT2D eigenvalue weighted by Gasteiger charge is -2.16. The molecule has 2 heterocycles. The highest BCUT2D eigenvalue weighted by Gasteiger charge is 2.56. The zero-order valence-electron chi connectivity index (χ0n) is 12.1. The maximum absolute atomic E-state index is 12.9. The quantitative estimate of drug-likeness (QED) is 0.720. The van der Waals surface area contributed by atoms with Gasteiger partial charge < -0.3 is 4.84 Å². The first kappa shape index (κ1) is 15.4. The van der Waals surface area contributed by atoms with Crippen molar-refractivity contribution in [2.75, 3.05) is 4.90 Å². The second kappa shape index (κ2) is 5.72. The maximum Gasteiger partial charge on any atom is 0.279 e. The van der Waals surface area contributed by atoms with Gasteiger partial charge in [-0.15, -0.1) is 0 Å². The van der Waals surface area contributed by atoms with E-state index in [-0.39, 0.29) is 5.91 Å². The zero-order valence-corrected chi connectivity index (χ0v) is 14.5. The Morgan fingerprint density at radius 3 is 2.46 bits per heavy atom. The van der Waals surface area contributed by atoms with Gasteiger partial charge in [0.15, 0.2) is 0 Å². The van der Waals surface area contributed by atoms with Gasteiger partial charge in [0.1, 0.15) is 11.6 Å². The minimum atomic E-state index is -0.938. The molecule has 4 rings (SSSR count). The van der Waals surface area contributed by atoms with Crippen LogP contribution in [0.3, 0.4) is 0 Å². The van der Waals surface area contributed by atoms with Crippen LogP contribution < -0.4 is 4.90 Å². The Labute approximate surface area is 151 Å². The molecule has 120 valence electrons. The topological polar surface area (TPSA) is 59.0 Å². The van der Waals surface area contributed by atoms with Crippen molar-refractivity contribution in [2.45, 2.75) is 6.10 Å². The summed E-state index contributed by atoms with van der Waals surface area (Å²) >= 11 is 9.50. The van der Waals surface area contributed by atoms with E-state index in [4.69, 9.17) is 16.4 Å². The summed E-state index contributed by atoms with van der Waals surface area (Å²) in [6.07, 6.45) is -0.938. The molecule has 2 aromatic rings.